The quantitative estimate of drug-likeness (QED) is 0.693. The fraction of sp³-hybridized carbons (Fsp3) is 0.846. The molecular weight excluding hydrogens is 248 g/mol. The molecule has 110 valence electrons. The summed E-state index contributed by atoms with van der Waals surface area (Å²) in [5.41, 5.74) is -0.833. The zero-order chi connectivity index (χ0) is 14.6. The van der Waals surface area contributed by atoms with E-state index in [1.165, 1.54) is 0 Å². The second kappa shape index (κ2) is 6.23. The number of aliphatic carboxylic acids is 1. The Morgan fingerprint density at radius 2 is 2.11 bits per heavy atom. The summed E-state index contributed by atoms with van der Waals surface area (Å²) in [4.78, 5) is 24.4. The number of hydrogen-bond donors (Lipinski definition) is 3. The van der Waals surface area contributed by atoms with E-state index in [4.69, 9.17) is 5.11 Å². The van der Waals surface area contributed by atoms with Gasteiger partial charge >= 0.3 is 12.0 Å². The van der Waals surface area contributed by atoms with Gasteiger partial charge in [0.05, 0.1) is 11.5 Å². The summed E-state index contributed by atoms with van der Waals surface area (Å²) in [5, 5.41) is 21.2. The predicted molar refractivity (Wildman–Crippen MR) is 70.8 cm³/mol. The van der Waals surface area contributed by atoms with Crippen molar-refractivity contribution >= 4 is 12.0 Å². The van der Waals surface area contributed by atoms with Gasteiger partial charge in [-0.25, -0.2) is 4.79 Å². The highest BCUT2D eigenvalue weighted by Gasteiger charge is 2.30. The molecule has 0 aromatic carbocycles. The van der Waals surface area contributed by atoms with Crippen LogP contribution in [0.2, 0.25) is 0 Å². The molecule has 2 amide bonds. The van der Waals surface area contributed by atoms with Crippen molar-refractivity contribution in [1.29, 1.82) is 0 Å². The van der Waals surface area contributed by atoms with E-state index in [0.29, 0.717) is 26.1 Å². The fourth-order valence-electron chi connectivity index (χ4n) is 2.07. The third kappa shape index (κ3) is 4.38. The summed E-state index contributed by atoms with van der Waals surface area (Å²) in [5.74, 6) is -0.724. The summed E-state index contributed by atoms with van der Waals surface area (Å²) in [6.45, 7) is 6.56. The Labute approximate surface area is 113 Å². The molecule has 1 heterocycles. The highest BCUT2D eigenvalue weighted by Crippen LogP contribution is 2.21. The SMILES string of the molecule is CC(O)C1CCN(C(=O)NCCC(C)(C)C(=O)O)C1. The molecule has 19 heavy (non-hydrogen) atoms. The molecule has 0 saturated carbocycles. The molecule has 0 aliphatic carbocycles. The fourth-order valence-corrected chi connectivity index (χ4v) is 2.07. The molecule has 1 rings (SSSR count). The van der Waals surface area contributed by atoms with Crippen LogP contribution in [0.3, 0.4) is 0 Å². The summed E-state index contributed by atoms with van der Waals surface area (Å²) >= 11 is 0. The van der Waals surface area contributed by atoms with E-state index < -0.39 is 17.5 Å². The molecule has 2 unspecified atom stereocenters. The summed E-state index contributed by atoms with van der Waals surface area (Å²) < 4.78 is 0. The van der Waals surface area contributed by atoms with Crippen LogP contribution in [0.5, 0.6) is 0 Å². The van der Waals surface area contributed by atoms with E-state index in [0.717, 1.165) is 6.42 Å². The number of aliphatic hydroxyl groups is 1. The molecule has 6 heteroatoms. The van der Waals surface area contributed by atoms with E-state index in [-0.39, 0.29) is 11.9 Å². The maximum atomic E-state index is 11.9. The average Bonchev–Trinajstić information content (AvgIpc) is 2.77. The maximum absolute atomic E-state index is 11.9. The highest BCUT2D eigenvalue weighted by molar-refractivity contribution is 5.75. The lowest BCUT2D eigenvalue weighted by Crippen LogP contribution is -2.41. The second-order valence-electron chi connectivity index (χ2n) is 5.91. The van der Waals surface area contributed by atoms with Gasteiger partial charge in [-0.05, 0) is 33.6 Å². The number of carboxylic acid groups (broad SMARTS) is 1. The number of hydrogen-bond acceptors (Lipinski definition) is 3. The van der Waals surface area contributed by atoms with E-state index in [9.17, 15) is 14.7 Å². The minimum absolute atomic E-state index is 0.140. The van der Waals surface area contributed by atoms with Crippen LogP contribution in [0.15, 0.2) is 0 Å². The molecule has 1 aliphatic heterocycles. The normalized spacial score (nSPS) is 21.3. The standard InChI is InChI=1S/C13H24N2O4/c1-9(16)10-4-7-15(8-10)12(19)14-6-5-13(2,3)11(17)18/h9-10,16H,4-8H2,1-3H3,(H,14,19)(H,17,18). The highest BCUT2D eigenvalue weighted by atomic mass is 16.4. The first-order valence-corrected chi connectivity index (χ1v) is 6.68. The summed E-state index contributed by atoms with van der Waals surface area (Å²) in [6.07, 6.45) is 0.803. The summed E-state index contributed by atoms with van der Waals surface area (Å²) in [7, 11) is 0. The van der Waals surface area contributed by atoms with Gasteiger partial charge < -0.3 is 20.4 Å². The van der Waals surface area contributed by atoms with Gasteiger partial charge in [-0.15, -0.1) is 0 Å². The zero-order valence-electron chi connectivity index (χ0n) is 11.8. The first kappa shape index (κ1) is 15.8. The van der Waals surface area contributed by atoms with Gasteiger partial charge in [0.25, 0.3) is 0 Å². The molecule has 6 nitrogen and oxygen atoms in total. The number of likely N-dealkylation sites (tertiary alicyclic amines) is 1. The lowest BCUT2D eigenvalue weighted by atomic mass is 9.90. The number of nitrogens with zero attached hydrogens (tertiary/aromatic N) is 1. The van der Waals surface area contributed by atoms with Crippen LogP contribution >= 0.6 is 0 Å². The van der Waals surface area contributed by atoms with Gasteiger partial charge in [0.15, 0.2) is 0 Å². The van der Waals surface area contributed by atoms with Crippen LogP contribution in [-0.4, -0.2) is 52.9 Å². The van der Waals surface area contributed by atoms with Gasteiger partial charge in [0, 0.05) is 25.6 Å². The minimum atomic E-state index is -0.864. The van der Waals surface area contributed by atoms with E-state index in [2.05, 4.69) is 5.32 Å². The molecule has 0 aromatic rings. The predicted octanol–water partition coefficient (Wildman–Crippen LogP) is 0.900. The summed E-state index contributed by atoms with van der Waals surface area (Å²) in [6, 6.07) is -0.177. The Balaban J connectivity index is 2.31. The van der Waals surface area contributed by atoms with E-state index in [1.807, 2.05) is 0 Å². The van der Waals surface area contributed by atoms with Gasteiger partial charge in [-0.2, -0.15) is 0 Å². The molecule has 0 spiro atoms. The second-order valence-corrected chi connectivity index (χ2v) is 5.91. The molecule has 1 fully saturated rings. The third-order valence-electron chi connectivity index (χ3n) is 3.80. The number of carbonyl (C=O) groups is 2. The van der Waals surface area contributed by atoms with Crippen molar-refractivity contribution in [3.05, 3.63) is 0 Å². The molecule has 0 radical (unpaired) electrons. The minimum Gasteiger partial charge on any atom is -0.481 e. The number of carbonyl (C=O) groups excluding carboxylic acids is 1. The largest absolute Gasteiger partial charge is 0.481 e. The Kier molecular flexibility index (Phi) is 5.17. The molecule has 1 aliphatic rings. The van der Waals surface area contributed by atoms with Crippen molar-refractivity contribution in [3.63, 3.8) is 0 Å². The monoisotopic (exact) mass is 272 g/mol. The lowest BCUT2D eigenvalue weighted by Gasteiger charge is -2.21. The van der Waals surface area contributed by atoms with Gasteiger partial charge in [0.2, 0.25) is 0 Å². The zero-order valence-corrected chi connectivity index (χ0v) is 11.8. The van der Waals surface area contributed by atoms with Crippen molar-refractivity contribution in [1.82, 2.24) is 10.2 Å². The first-order valence-electron chi connectivity index (χ1n) is 6.68. The van der Waals surface area contributed by atoms with Crippen LogP contribution in [-0.2, 0) is 4.79 Å². The molecule has 0 bridgehead atoms. The molecular formula is C13H24N2O4. The van der Waals surface area contributed by atoms with Crippen molar-refractivity contribution < 1.29 is 19.8 Å². The van der Waals surface area contributed by atoms with Crippen molar-refractivity contribution in [3.8, 4) is 0 Å². The smallest absolute Gasteiger partial charge is 0.317 e. The van der Waals surface area contributed by atoms with Gasteiger partial charge in [-0.1, -0.05) is 0 Å². The van der Waals surface area contributed by atoms with Crippen LogP contribution < -0.4 is 5.32 Å². The number of urea groups is 1. The maximum Gasteiger partial charge on any atom is 0.317 e. The topological polar surface area (TPSA) is 89.9 Å². The van der Waals surface area contributed by atoms with Crippen molar-refractivity contribution in [2.75, 3.05) is 19.6 Å². The molecule has 0 aromatic heterocycles. The molecule has 1 saturated heterocycles. The number of carboxylic acids is 1. The first-order chi connectivity index (χ1) is 8.74. The number of amides is 2. The van der Waals surface area contributed by atoms with Crippen LogP contribution in [0.1, 0.15) is 33.6 Å². The number of nitrogens with one attached hydrogen (secondary N) is 1. The number of rotatable bonds is 5. The third-order valence-corrected chi connectivity index (χ3v) is 3.80. The Hall–Kier alpha value is -1.30. The van der Waals surface area contributed by atoms with Crippen LogP contribution in [0.25, 0.3) is 0 Å². The number of aliphatic hydroxyl groups excluding tert-OH is 1. The van der Waals surface area contributed by atoms with Crippen molar-refractivity contribution in [2.45, 2.75) is 39.7 Å². The Morgan fingerprint density at radius 1 is 1.47 bits per heavy atom. The van der Waals surface area contributed by atoms with Crippen LogP contribution in [0.4, 0.5) is 4.79 Å². The molecule has 2 atom stereocenters. The van der Waals surface area contributed by atoms with Gasteiger partial charge in [0.1, 0.15) is 0 Å². The average molecular weight is 272 g/mol. The Bertz CT molecular complexity index is 342. The van der Waals surface area contributed by atoms with E-state index >= 15 is 0 Å². The van der Waals surface area contributed by atoms with Crippen LogP contribution in [0, 0.1) is 11.3 Å². The molecule has 3 N–H and O–H groups in total. The van der Waals surface area contributed by atoms with E-state index in [1.54, 1.807) is 25.7 Å². The van der Waals surface area contributed by atoms with Gasteiger partial charge in [-0.3, -0.25) is 4.79 Å². The van der Waals surface area contributed by atoms with Crippen molar-refractivity contribution in [2.24, 2.45) is 11.3 Å². The lowest BCUT2D eigenvalue weighted by molar-refractivity contribution is -0.147. The Morgan fingerprint density at radius 3 is 2.58 bits per heavy atom.